The van der Waals surface area contributed by atoms with E-state index in [-0.39, 0.29) is 11.9 Å². The zero-order valence-electron chi connectivity index (χ0n) is 20.2. The Morgan fingerprint density at radius 3 is 1.89 bits per heavy atom. The topological polar surface area (TPSA) is 55.8 Å². The number of ketones is 1. The van der Waals surface area contributed by atoms with Gasteiger partial charge in [0.25, 0.3) is 0 Å². The van der Waals surface area contributed by atoms with Crippen LogP contribution in [-0.4, -0.2) is 10.9 Å². The Bertz CT molecular complexity index is 1310. The molecule has 0 spiro atoms. The second-order valence-electron chi connectivity index (χ2n) is 9.21. The van der Waals surface area contributed by atoms with E-state index in [1.165, 1.54) is 5.56 Å². The molecule has 1 unspecified atom stereocenters. The smallest absolute Gasteiger partial charge is 0.163 e. The molecule has 0 fully saturated rings. The molecule has 4 aromatic rings. The van der Waals surface area contributed by atoms with Crippen LogP contribution in [0.15, 0.2) is 97.1 Å². The molecule has 1 N–H and O–H groups in total. The molecule has 0 aliphatic heterocycles. The average molecular weight is 479 g/mol. The minimum absolute atomic E-state index is 0.250. The molecular weight excluding hydrogens is 448 g/mol. The van der Waals surface area contributed by atoms with Gasteiger partial charge in [0.15, 0.2) is 5.78 Å². The first-order valence-electron chi connectivity index (χ1n) is 12.5. The predicted octanol–water partition coefficient (Wildman–Crippen LogP) is 6.64. The van der Waals surface area contributed by atoms with Crippen LogP contribution in [0.2, 0.25) is 0 Å². The molecular formula is C32H30O4. The van der Waals surface area contributed by atoms with Gasteiger partial charge in [0.1, 0.15) is 24.7 Å². The molecule has 0 amide bonds. The Kier molecular flexibility index (Phi) is 7.44. The summed E-state index contributed by atoms with van der Waals surface area (Å²) in [5.41, 5.74) is 6.56. The van der Waals surface area contributed by atoms with Crippen LogP contribution in [-0.2, 0) is 26.1 Å². The van der Waals surface area contributed by atoms with Crippen molar-refractivity contribution < 1.29 is 19.4 Å². The van der Waals surface area contributed by atoms with Crippen LogP contribution in [0.25, 0.3) is 0 Å². The molecule has 0 saturated heterocycles. The maximum atomic E-state index is 11.5. The lowest BCUT2D eigenvalue weighted by Crippen LogP contribution is -1.96. The van der Waals surface area contributed by atoms with Gasteiger partial charge in [-0.1, -0.05) is 66.7 Å². The van der Waals surface area contributed by atoms with Crippen LogP contribution < -0.4 is 9.47 Å². The second kappa shape index (κ2) is 11.2. The van der Waals surface area contributed by atoms with Crippen LogP contribution >= 0.6 is 0 Å². The molecule has 182 valence electrons. The number of ether oxygens (including phenoxy) is 2. The average Bonchev–Trinajstić information content (AvgIpc) is 3.49. The minimum Gasteiger partial charge on any atom is -0.489 e. The maximum Gasteiger partial charge on any atom is 0.163 e. The summed E-state index contributed by atoms with van der Waals surface area (Å²) >= 11 is 0. The predicted molar refractivity (Wildman–Crippen MR) is 140 cm³/mol. The zero-order chi connectivity index (χ0) is 24.7. The molecule has 2 aliphatic rings. The first-order chi connectivity index (χ1) is 17.7. The van der Waals surface area contributed by atoms with E-state index in [0.29, 0.717) is 19.6 Å². The van der Waals surface area contributed by atoms with Crippen molar-refractivity contribution in [3.05, 3.63) is 130 Å². The fourth-order valence-electron chi connectivity index (χ4n) is 4.66. The van der Waals surface area contributed by atoms with Gasteiger partial charge in [-0.05, 0) is 77.4 Å². The number of aliphatic hydroxyl groups excluding tert-OH is 1. The van der Waals surface area contributed by atoms with E-state index in [4.69, 9.17) is 9.47 Å². The van der Waals surface area contributed by atoms with Gasteiger partial charge in [-0.2, -0.15) is 0 Å². The van der Waals surface area contributed by atoms with E-state index in [1.807, 2.05) is 78.9 Å². The van der Waals surface area contributed by atoms with Gasteiger partial charge >= 0.3 is 0 Å². The highest BCUT2D eigenvalue weighted by Crippen LogP contribution is 2.33. The van der Waals surface area contributed by atoms with Gasteiger partial charge in [0.05, 0.1) is 6.10 Å². The Hall–Kier alpha value is -3.89. The summed E-state index contributed by atoms with van der Waals surface area (Å²) in [7, 11) is 0. The molecule has 2 aliphatic carbocycles. The van der Waals surface area contributed by atoms with Crippen LogP contribution in [0.1, 0.15) is 57.1 Å². The number of hydrogen-bond acceptors (Lipinski definition) is 4. The highest BCUT2D eigenvalue weighted by molar-refractivity contribution is 6.00. The summed E-state index contributed by atoms with van der Waals surface area (Å²) < 4.78 is 11.5. The summed E-state index contributed by atoms with van der Waals surface area (Å²) in [6.45, 7) is 1.15. The molecule has 0 heterocycles. The van der Waals surface area contributed by atoms with E-state index < -0.39 is 0 Å². The highest BCUT2D eigenvalue weighted by atomic mass is 16.5. The third-order valence-corrected chi connectivity index (χ3v) is 6.66. The van der Waals surface area contributed by atoms with Crippen LogP contribution in [0.5, 0.6) is 11.5 Å². The number of carbonyl (C=O) groups excluding carboxylic acids is 1. The van der Waals surface area contributed by atoms with Crippen molar-refractivity contribution in [3.63, 3.8) is 0 Å². The van der Waals surface area contributed by atoms with Crippen molar-refractivity contribution in [1.82, 2.24) is 0 Å². The Morgan fingerprint density at radius 2 is 1.25 bits per heavy atom. The fourth-order valence-corrected chi connectivity index (χ4v) is 4.66. The lowest BCUT2D eigenvalue weighted by molar-refractivity contribution is 0.0994. The van der Waals surface area contributed by atoms with Crippen LogP contribution in [0, 0.1) is 0 Å². The number of hydrogen-bond donors (Lipinski definition) is 1. The summed E-state index contributed by atoms with van der Waals surface area (Å²) in [5, 5.41) is 9.74. The molecule has 36 heavy (non-hydrogen) atoms. The second-order valence-corrected chi connectivity index (χ2v) is 9.21. The fraction of sp³-hybridized carbons (Fsp3) is 0.219. The number of aryl methyl sites for hydroxylation is 2. The third kappa shape index (κ3) is 5.84. The summed E-state index contributed by atoms with van der Waals surface area (Å²) in [6, 6.07) is 31.9. The molecule has 1 atom stereocenters. The van der Waals surface area contributed by atoms with Gasteiger partial charge in [-0.15, -0.1) is 0 Å². The molecule has 0 saturated carbocycles. The lowest BCUT2D eigenvalue weighted by Gasteiger charge is -2.09. The SMILES string of the molecule is O=C1CCc2cc(OCc3ccccc3)ccc21.OC1CCc2cc(OCc3ccccc3)ccc21. The van der Waals surface area contributed by atoms with Crippen molar-refractivity contribution >= 4 is 5.78 Å². The van der Waals surface area contributed by atoms with Crippen molar-refractivity contribution in [3.8, 4) is 11.5 Å². The first-order valence-corrected chi connectivity index (χ1v) is 12.5. The molecule has 6 rings (SSSR count). The lowest BCUT2D eigenvalue weighted by atomic mass is 10.1. The van der Waals surface area contributed by atoms with E-state index in [9.17, 15) is 9.90 Å². The van der Waals surface area contributed by atoms with E-state index in [1.54, 1.807) is 0 Å². The number of Topliss-reactive ketones (excluding diaryl/α,β-unsaturated/α-hetero) is 1. The minimum atomic E-state index is -0.289. The molecule has 0 aromatic heterocycles. The van der Waals surface area contributed by atoms with Gasteiger partial charge in [0.2, 0.25) is 0 Å². The monoisotopic (exact) mass is 478 g/mol. The Morgan fingerprint density at radius 1 is 0.667 bits per heavy atom. The standard InChI is InChI=1S/C16H16O2.C16H14O2/c2*17-16-9-6-13-10-14(7-8-15(13)16)18-11-12-4-2-1-3-5-12/h1-5,7-8,10,16-17H,6,9,11H2;1-5,7-8,10H,6,9,11H2. The maximum absolute atomic E-state index is 11.5. The Balaban J connectivity index is 0.000000148. The largest absolute Gasteiger partial charge is 0.489 e. The summed E-state index contributed by atoms with van der Waals surface area (Å²) in [4.78, 5) is 11.5. The Labute approximate surface area is 212 Å². The van der Waals surface area contributed by atoms with Crippen molar-refractivity contribution in [2.45, 2.75) is 45.0 Å². The number of aliphatic hydroxyl groups is 1. The summed E-state index contributed by atoms with van der Waals surface area (Å²) in [6.07, 6.45) is 2.97. The molecule has 0 radical (unpaired) electrons. The van der Waals surface area contributed by atoms with E-state index >= 15 is 0 Å². The van der Waals surface area contributed by atoms with Gasteiger partial charge < -0.3 is 14.6 Å². The molecule has 4 heteroatoms. The number of rotatable bonds is 6. The number of benzene rings is 4. The third-order valence-electron chi connectivity index (χ3n) is 6.66. The van der Waals surface area contributed by atoms with Gasteiger partial charge in [-0.3, -0.25) is 4.79 Å². The quantitative estimate of drug-likeness (QED) is 0.338. The van der Waals surface area contributed by atoms with Crippen LogP contribution in [0.4, 0.5) is 0 Å². The highest BCUT2D eigenvalue weighted by Gasteiger charge is 2.20. The van der Waals surface area contributed by atoms with Crippen molar-refractivity contribution in [2.24, 2.45) is 0 Å². The molecule has 0 bridgehead atoms. The zero-order valence-corrected chi connectivity index (χ0v) is 20.2. The van der Waals surface area contributed by atoms with Crippen molar-refractivity contribution in [1.29, 1.82) is 0 Å². The number of fused-ring (bicyclic) bond motifs is 2. The normalized spacial score (nSPS) is 15.5. The van der Waals surface area contributed by atoms with Crippen molar-refractivity contribution in [2.75, 3.05) is 0 Å². The van der Waals surface area contributed by atoms with Gasteiger partial charge in [-0.25, -0.2) is 0 Å². The first kappa shape index (κ1) is 23.8. The van der Waals surface area contributed by atoms with E-state index in [2.05, 4.69) is 18.2 Å². The van der Waals surface area contributed by atoms with Gasteiger partial charge in [0, 0.05) is 12.0 Å². The van der Waals surface area contributed by atoms with E-state index in [0.717, 1.165) is 58.6 Å². The molecule has 4 aromatic carbocycles. The van der Waals surface area contributed by atoms with Crippen LogP contribution in [0.3, 0.4) is 0 Å². The number of carbonyl (C=O) groups is 1. The summed E-state index contributed by atoms with van der Waals surface area (Å²) in [5.74, 6) is 1.97. The molecule has 4 nitrogen and oxygen atoms in total.